The molecule has 0 aliphatic carbocycles. The second-order valence-corrected chi connectivity index (χ2v) is 6.53. The summed E-state index contributed by atoms with van der Waals surface area (Å²) in [6.45, 7) is 10.1. The van der Waals surface area contributed by atoms with Gasteiger partial charge in [0.1, 0.15) is 5.75 Å². The van der Waals surface area contributed by atoms with Gasteiger partial charge in [0.2, 0.25) is 0 Å². The summed E-state index contributed by atoms with van der Waals surface area (Å²) in [4.78, 5) is 2.55. The Balaban J connectivity index is 1.66. The van der Waals surface area contributed by atoms with E-state index in [0.717, 1.165) is 38.4 Å². The van der Waals surface area contributed by atoms with E-state index in [0.29, 0.717) is 5.41 Å². The number of hydrogen-bond donors (Lipinski definition) is 1. The van der Waals surface area contributed by atoms with Gasteiger partial charge in [0.25, 0.3) is 0 Å². The van der Waals surface area contributed by atoms with Crippen LogP contribution in [0.4, 0.5) is 5.69 Å². The molecule has 2 aliphatic heterocycles. The molecule has 1 aromatic rings. The zero-order valence-electron chi connectivity index (χ0n) is 12.7. The lowest BCUT2D eigenvalue weighted by atomic mass is 9.82. The Kier molecular flexibility index (Phi) is 3.88. The maximum atomic E-state index is 6.22. The Morgan fingerprint density at radius 1 is 1.40 bits per heavy atom. The number of likely N-dealkylation sites (tertiary alicyclic amines) is 1. The van der Waals surface area contributed by atoms with E-state index < -0.39 is 0 Å². The third kappa shape index (κ3) is 2.78. The molecule has 20 heavy (non-hydrogen) atoms. The summed E-state index contributed by atoms with van der Waals surface area (Å²) in [5, 5.41) is 3.42. The molecule has 1 atom stereocenters. The van der Waals surface area contributed by atoms with E-state index in [1.165, 1.54) is 30.6 Å². The molecule has 0 saturated carbocycles. The van der Waals surface area contributed by atoms with Crippen LogP contribution in [0.5, 0.6) is 5.75 Å². The van der Waals surface area contributed by atoms with Crippen LogP contribution in [0.2, 0.25) is 0 Å². The van der Waals surface area contributed by atoms with Crippen LogP contribution in [0, 0.1) is 5.41 Å². The fourth-order valence-electron chi connectivity index (χ4n) is 3.51. The Hall–Kier alpha value is -1.22. The van der Waals surface area contributed by atoms with Crippen molar-refractivity contribution in [3.05, 3.63) is 23.8 Å². The van der Waals surface area contributed by atoms with Gasteiger partial charge < -0.3 is 15.0 Å². The summed E-state index contributed by atoms with van der Waals surface area (Å²) < 4.78 is 6.22. The van der Waals surface area contributed by atoms with E-state index in [-0.39, 0.29) is 0 Å². The van der Waals surface area contributed by atoms with Gasteiger partial charge in [-0.1, -0.05) is 19.9 Å². The third-order valence-corrected chi connectivity index (χ3v) is 4.71. The first kappa shape index (κ1) is 13.7. The van der Waals surface area contributed by atoms with Gasteiger partial charge in [-0.15, -0.1) is 0 Å². The van der Waals surface area contributed by atoms with Crippen LogP contribution >= 0.6 is 0 Å². The van der Waals surface area contributed by atoms with E-state index in [9.17, 15) is 0 Å². The van der Waals surface area contributed by atoms with Crippen LogP contribution < -0.4 is 10.1 Å². The highest BCUT2D eigenvalue weighted by molar-refractivity contribution is 5.61. The molecule has 110 valence electrons. The van der Waals surface area contributed by atoms with Crippen LogP contribution in [0.1, 0.15) is 32.3 Å². The molecular weight excluding hydrogens is 248 g/mol. The van der Waals surface area contributed by atoms with Crippen LogP contribution in [0.3, 0.4) is 0 Å². The lowest BCUT2D eigenvalue weighted by Gasteiger charge is -2.39. The molecule has 3 nitrogen and oxygen atoms in total. The van der Waals surface area contributed by atoms with Crippen molar-refractivity contribution in [1.82, 2.24) is 4.90 Å². The van der Waals surface area contributed by atoms with Gasteiger partial charge in [0, 0.05) is 29.8 Å². The minimum Gasteiger partial charge on any atom is -0.493 e. The normalized spacial score (nSPS) is 26.1. The van der Waals surface area contributed by atoms with Crippen molar-refractivity contribution < 1.29 is 4.74 Å². The molecule has 0 amide bonds. The van der Waals surface area contributed by atoms with Gasteiger partial charge in [-0.05, 0) is 44.5 Å². The lowest BCUT2D eigenvalue weighted by Crippen LogP contribution is -2.44. The van der Waals surface area contributed by atoms with Gasteiger partial charge >= 0.3 is 0 Å². The summed E-state index contributed by atoms with van der Waals surface area (Å²) >= 11 is 0. The molecular formula is C17H26N2O. The average molecular weight is 274 g/mol. The van der Waals surface area contributed by atoms with Crippen molar-refractivity contribution >= 4 is 5.69 Å². The van der Waals surface area contributed by atoms with Gasteiger partial charge in [-0.2, -0.15) is 0 Å². The number of nitrogens with zero attached hydrogens (tertiary/aromatic N) is 1. The zero-order chi connectivity index (χ0) is 14.0. The summed E-state index contributed by atoms with van der Waals surface area (Å²) in [5.74, 6) is 1.09. The lowest BCUT2D eigenvalue weighted by molar-refractivity contribution is 0.0590. The third-order valence-electron chi connectivity index (χ3n) is 4.71. The van der Waals surface area contributed by atoms with E-state index >= 15 is 0 Å². The topological polar surface area (TPSA) is 24.5 Å². The Labute approximate surface area is 122 Å². The maximum absolute atomic E-state index is 6.22. The number of benzene rings is 1. The standard InChI is InChI=1S/C17H26N2O/c1-3-19-11-5-9-17(2,12-19)13-20-16-7-4-6-15-14(16)8-10-18-15/h4,6-7,18H,3,5,8-13H2,1-2H3. The van der Waals surface area contributed by atoms with Gasteiger partial charge in [-0.3, -0.25) is 0 Å². The fourth-order valence-corrected chi connectivity index (χ4v) is 3.51. The van der Waals surface area contributed by atoms with Crippen LogP contribution in [0.25, 0.3) is 0 Å². The summed E-state index contributed by atoms with van der Waals surface area (Å²) in [5.41, 5.74) is 2.91. The predicted octanol–water partition coefficient (Wildman–Crippen LogP) is 3.16. The number of nitrogens with one attached hydrogen (secondary N) is 1. The van der Waals surface area contributed by atoms with Gasteiger partial charge in [-0.25, -0.2) is 0 Å². The zero-order valence-corrected chi connectivity index (χ0v) is 12.7. The minimum atomic E-state index is 0.295. The van der Waals surface area contributed by atoms with Gasteiger partial charge in [0.05, 0.1) is 6.61 Å². The number of anilines is 1. The largest absolute Gasteiger partial charge is 0.493 e. The second-order valence-electron chi connectivity index (χ2n) is 6.53. The SMILES string of the molecule is CCN1CCCC(C)(COc2cccc3c2CCN3)C1. The highest BCUT2D eigenvalue weighted by Gasteiger charge is 2.31. The van der Waals surface area contributed by atoms with Crippen molar-refractivity contribution in [2.45, 2.75) is 33.1 Å². The molecule has 3 rings (SSSR count). The molecule has 1 N–H and O–H groups in total. The van der Waals surface area contributed by atoms with Crippen LogP contribution in [-0.4, -0.2) is 37.7 Å². The quantitative estimate of drug-likeness (QED) is 0.913. The number of piperidine rings is 1. The molecule has 3 heteroatoms. The highest BCUT2D eigenvalue weighted by atomic mass is 16.5. The number of fused-ring (bicyclic) bond motifs is 1. The van der Waals surface area contributed by atoms with Crippen molar-refractivity contribution in [1.29, 1.82) is 0 Å². The molecule has 1 aromatic carbocycles. The first-order valence-corrected chi connectivity index (χ1v) is 7.91. The molecule has 0 radical (unpaired) electrons. The number of rotatable bonds is 4. The molecule has 1 fully saturated rings. The summed E-state index contributed by atoms with van der Waals surface area (Å²) in [6.07, 6.45) is 3.65. The smallest absolute Gasteiger partial charge is 0.124 e. The Bertz CT molecular complexity index is 474. The highest BCUT2D eigenvalue weighted by Crippen LogP contribution is 2.34. The van der Waals surface area contributed by atoms with Crippen molar-refractivity contribution in [2.24, 2.45) is 5.41 Å². The maximum Gasteiger partial charge on any atom is 0.124 e. The predicted molar refractivity (Wildman–Crippen MR) is 83.6 cm³/mol. The monoisotopic (exact) mass is 274 g/mol. The van der Waals surface area contributed by atoms with Crippen molar-refractivity contribution in [3.63, 3.8) is 0 Å². The van der Waals surface area contributed by atoms with E-state index in [1.807, 2.05) is 0 Å². The first-order chi connectivity index (χ1) is 9.70. The Morgan fingerprint density at radius 2 is 2.30 bits per heavy atom. The first-order valence-electron chi connectivity index (χ1n) is 7.91. The van der Waals surface area contributed by atoms with E-state index in [1.54, 1.807) is 0 Å². The molecule has 1 unspecified atom stereocenters. The van der Waals surface area contributed by atoms with Crippen LogP contribution in [0.15, 0.2) is 18.2 Å². The molecule has 2 heterocycles. The molecule has 1 saturated heterocycles. The summed E-state index contributed by atoms with van der Waals surface area (Å²) in [7, 11) is 0. The molecule has 0 bridgehead atoms. The molecule has 0 spiro atoms. The average Bonchev–Trinajstić information content (AvgIpc) is 2.94. The van der Waals surface area contributed by atoms with Crippen LogP contribution in [-0.2, 0) is 6.42 Å². The second kappa shape index (κ2) is 5.65. The molecule has 0 aromatic heterocycles. The van der Waals surface area contributed by atoms with E-state index in [4.69, 9.17) is 4.74 Å². The van der Waals surface area contributed by atoms with Crippen molar-refractivity contribution in [3.8, 4) is 5.75 Å². The fraction of sp³-hybridized carbons (Fsp3) is 0.647. The van der Waals surface area contributed by atoms with Crippen molar-refractivity contribution in [2.75, 3.05) is 38.1 Å². The molecule has 2 aliphatic rings. The minimum absolute atomic E-state index is 0.295. The summed E-state index contributed by atoms with van der Waals surface area (Å²) in [6, 6.07) is 6.36. The van der Waals surface area contributed by atoms with Gasteiger partial charge in [0.15, 0.2) is 0 Å². The number of ether oxygens (including phenoxy) is 1. The Morgan fingerprint density at radius 3 is 3.15 bits per heavy atom. The van der Waals surface area contributed by atoms with E-state index in [2.05, 4.69) is 42.3 Å². The number of hydrogen-bond acceptors (Lipinski definition) is 3.